The molecule has 0 fully saturated rings. The third-order valence-corrected chi connectivity index (χ3v) is 11.4. The summed E-state index contributed by atoms with van der Waals surface area (Å²) in [5, 5.41) is 0. The van der Waals surface area contributed by atoms with E-state index in [0.717, 1.165) is 0 Å². The Morgan fingerprint density at radius 3 is 1.06 bits per heavy atom. The van der Waals surface area contributed by atoms with Gasteiger partial charge in [-0.15, -0.1) is 0 Å². The van der Waals surface area contributed by atoms with Crippen LogP contribution in [0, 0.1) is 0 Å². The van der Waals surface area contributed by atoms with E-state index in [1.54, 1.807) is 32.4 Å². The van der Waals surface area contributed by atoms with Gasteiger partial charge in [-0.25, -0.2) is 0 Å². The van der Waals surface area contributed by atoms with E-state index in [-0.39, 0.29) is 0 Å². The van der Waals surface area contributed by atoms with Crippen molar-refractivity contribution in [3.63, 3.8) is 0 Å². The van der Waals surface area contributed by atoms with E-state index in [4.69, 9.17) is 0 Å². The van der Waals surface area contributed by atoms with Crippen molar-refractivity contribution in [1.29, 1.82) is 0 Å². The van der Waals surface area contributed by atoms with Crippen molar-refractivity contribution in [3.8, 4) is 0 Å². The van der Waals surface area contributed by atoms with Gasteiger partial charge < -0.3 is 0 Å². The average Bonchev–Trinajstić information content (AvgIpc) is 2.29. The van der Waals surface area contributed by atoms with Crippen molar-refractivity contribution in [2.45, 2.75) is 91.7 Å². The van der Waals surface area contributed by atoms with Crippen LogP contribution in [-0.4, -0.2) is 20.2 Å². The van der Waals surface area contributed by atoms with Crippen molar-refractivity contribution in [2.24, 2.45) is 0 Å². The molecule has 1 heteroatoms. The van der Waals surface area contributed by atoms with E-state index < -0.39 is 20.2 Å². The molecule has 0 rings (SSSR count). The molecule has 0 aliphatic carbocycles. The number of unbranched alkanes of at least 4 members (excludes halogenated alkanes) is 6. The van der Waals surface area contributed by atoms with Crippen LogP contribution in [0.3, 0.4) is 0 Å². The molecule has 0 saturated carbocycles. The van der Waals surface area contributed by atoms with Crippen molar-refractivity contribution >= 4 is 20.2 Å². The summed E-state index contributed by atoms with van der Waals surface area (Å²) in [6.45, 7) is 6.99. The molecule has 0 saturated heterocycles. The molecule has 0 spiro atoms. The molecule has 0 bridgehead atoms. The van der Waals surface area contributed by atoms with Gasteiger partial charge >= 0.3 is 112 Å². The predicted molar refractivity (Wildman–Crippen MR) is 78.8 cm³/mol. The van der Waals surface area contributed by atoms with Crippen LogP contribution < -0.4 is 0 Å². The minimum absolute atomic E-state index is 0.768. The SMILES string of the molecule is CCCC[CH2][Sb]([CH2]CCCC)[CH2]CCCC. The third kappa shape index (κ3) is 11.3. The van der Waals surface area contributed by atoms with Gasteiger partial charge in [0.05, 0.1) is 0 Å². The van der Waals surface area contributed by atoms with Crippen molar-refractivity contribution in [2.75, 3.05) is 0 Å². The molecule has 0 aliphatic heterocycles. The van der Waals surface area contributed by atoms with Crippen LogP contribution in [-0.2, 0) is 0 Å². The first kappa shape index (κ1) is 16.8. The summed E-state index contributed by atoms with van der Waals surface area (Å²) in [4.78, 5) is 0. The Balaban J connectivity index is 3.58. The molecule has 0 aromatic heterocycles. The van der Waals surface area contributed by atoms with Crippen LogP contribution in [0.1, 0.15) is 78.6 Å². The fraction of sp³-hybridized carbons (Fsp3) is 1.00. The molecule has 0 heterocycles. The van der Waals surface area contributed by atoms with E-state index in [0.29, 0.717) is 0 Å². The first-order chi connectivity index (χ1) is 7.85. The molecule has 0 nitrogen and oxygen atoms in total. The van der Waals surface area contributed by atoms with Crippen LogP contribution in [0.5, 0.6) is 0 Å². The summed E-state index contributed by atoms with van der Waals surface area (Å²) >= 11 is -0.768. The number of hydrogen-bond acceptors (Lipinski definition) is 0. The summed E-state index contributed by atoms with van der Waals surface area (Å²) in [7, 11) is 0. The van der Waals surface area contributed by atoms with E-state index in [1.165, 1.54) is 38.5 Å². The summed E-state index contributed by atoms with van der Waals surface area (Å²) in [6, 6.07) is 0. The van der Waals surface area contributed by atoms with Crippen LogP contribution in [0.2, 0.25) is 13.1 Å². The Hall–Kier alpha value is 0.818. The standard InChI is InChI=1S/3C5H11.Sb/c3*1-3-5-4-2;/h3*1,3-5H2,2H3;. The second kappa shape index (κ2) is 13.9. The molecule has 0 radical (unpaired) electrons. The Kier molecular flexibility index (Phi) is 14.6. The zero-order valence-corrected chi connectivity index (χ0v) is 14.5. The maximum atomic E-state index is 2.33. The molecular formula is C15H33Sb. The zero-order valence-electron chi connectivity index (χ0n) is 11.9. The summed E-state index contributed by atoms with van der Waals surface area (Å²) in [6.07, 6.45) is 13.3. The van der Waals surface area contributed by atoms with Gasteiger partial charge in [-0.3, -0.25) is 0 Å². The molecule has 0 atom stereocenters. The van der Waals surface area contributed by atoms with Gasteiger partial charge in [0.25, 0.3) is 0 Å². The normalized spacial score (nSPS) is 11.2. The van der Waals surface area contributed by atoms with Gasteiger partial charge in [-0.2, -0.15) is 0 Å². The van der Waals surface area contributed by atoms with Gasteiger partial charge in [0.15, 0.2) is 0 Å². The van der Waals surface area contributed by atoms with Gasteiger partial charge in [-0.1, -0.05) is 0 Å². The Morgan fingerprint density at radius 1 is 0.500 bits per heavy atom. The minimum atomic E-state index is -0.768. The second-order valence-corrected chi connectivity index (χ2v) is 12.6. The molecule has 16 heavy (non-hydrogen) atoms. The fourth-order valence-electron chi connectivity index (χ4n) is 2.09. The molecule has 0 amide bonds. The number of rotatable bonds is 12. The molecule has 0 aromatic carbocycles. The zero-order chi connectivity index (χ0) is 12.1. The van der Waals surface area contributed by atoms with Gasteiger partial charge in [0, 0.05) is 0 Å². The fourth-order valence-corrected chi connectivity index (χ4v) is 9.75. The van der Waals surface area contributed by atoms with Gasteiger partial charge in [0.2, 0.25) is 0 Å². The first-order valence-corrected chi connectivity index (χ1v) is 13.0. The van der Waals surface area contributed by atoms with Crippen LogP contribution >= 0.6 is 0 Å². The van der Waals surface area contributed by atoms with Crippen molar-refractivity contribution < 1.29 is 0 Å². The topological polar surface area (TPSA) is 0 Å². The van der Waals surface area contributed by atoms with Crippen LogP contribution in [0.15, 0.2) is 0 Å². The Morgan fingerprint density at radius 2 is 0.812 bits per heavy atom. The van der Waals surface area contributed by atoms with E-state index >= 15 is 0 Å². The third-order valence-electron chi connectivity index (χ3n) is 3.23. The maximum absolute atomic E-state index is 2.33. The Labute approximate surface area is 112 Å². The molecule has 98 valence electrons. The second-order valence-electron chi connectivity index (χ2n) is 4.96. The van der Waals surface area contributed by atoms with E-state index in [2.05, 4.69) is 20.8 Å². The van der Waals surface area contributed by atoms with Crippen LogP contribution in [0.25, 0.3) is 0 Å². The van der Waals surface area contributed by atoms with Gasteiger partial charge in [-0.05, 0) is 0 Å². The average molecular weight is 335 g/mol. The Bertz CT molecular complexity index is 98.8. The molecule has 0 unspecified atom stereocenters. The molecule has 0 aromatic rings. The predicted octanol–water partition coefficient (Wildman–Crippen LogP) is 6.05. The quantitative estimate of drug-likeness (QED) is 0.301. The molecule has 0 N–H and O–H groups in total. The summed E-state index contributed by atoms with van der Waals surface area (Å²) in [5.41, 5.74) is 0. The summed E-state index contributed by atoms with van der Waals surface area (Å²) in [5.74, 6) is 0. The van der Waals surface area contributed by atoms with E-state index in [9.17, 15) is 0 Å². The molecular weight excluding hydrogens is 302 g/mol. The summed E-state index contributed by atoms with van der Waals surface area (Å²) < 4.78 is 5.05. The number of hydrogen-bond donors (Lipinski definition) is 0. The molecule has 0 aliphatic rings. The van der Waals surface area contributed by atoms with E-state index in [1.807, 2.05) is 0 Å². The monoisotopic (exact) mass is 334 g/mol. The van der Waals surface area contributed by atoms with Gasteiger partial charge in [0.1, 0.15) is 0 Å². The first-order valence-electron chi connectivity index (χ1n) is 7.57. The van der Waals surface area contributed by atoms with Crippen molar-refractivity contribution in [1.82, 2.24) is 0 Å². The van der Waals surface area contributed by atoms with Crippen LogP contribution in [0.4, 0.5) is 0 Å². The van der Waals surface area contributed by atoms with Crippen molar-refractivity contribution in [3.05, 3.63) is 0 Å².